The van der Waals surface area contributed by atoms with Crippen LogP contribution in [-0.4, -0.2) is 11.7 Å². The van der Waals surface area contributed by atoms with E-state index in [2.05, 4.69) is 15.9 Å². The average Bonchev–Trinajstić information content (AvgIpc) is 2.18. The van der Waals surface area contributed by atoms with E-state index in [9.17, 15) is 8.78 Å². The molecule has 0 aliphatic rings. The highest BCUT2D eigenvalue weighted by Gasteiger charge is 2.08. The van der Waals surface area contributed by atoms with Crippen LogP contribution in [0, 0.1) is 11.6 Å². The summed E-state index contributed by atoms with van der Waals surface area (Å²) in [7, 11) is 0. The second-order valence-electron chi connectivity index (χ2n) is 2.67. The van der Waals surface area contributed by atoms with Crippen LogP contribution in [0.5, 0.6) is 0 Å². The van der Waals surface area contributed by atoms with Gasteiger partial charge in [-0.05, 0) is 18.6 Å². The molecule has 0 bridgehead atoms. The molecule has 1 N–H and O–H groups in total. The zero-order chi connectivity index (χ0) is 10.6. The summed E-state index contributed by atoms with van der Waals surface area (Å²) in [6, 6.07) is 2.50. The molecule has 1 nitrogen and oxygen atoms in total. The molecule has 1 aromatic rings. The first-order valence-electron chi connectivity index (χ1n) is 4.07. The minimum atomic E-state index is -0.881. The van der Waals surface area contributed by atoms with Gasteiger partial charge in [0.15, 0.2) is 11.6 Å². The third kappa shape index (κ3) is 2.62. The van der Waals surface area contributed by atoms with E-state index in [1.807, 2.05) is 0 Å². The SMILES string of the molecule is OCCC=Cc1c(Br)ccc(F)c1F. The molecule has 0 aliphatic heterocycles. The summed E-state index contributed by atoms with van der Waals surface area (Å²) < 4.78 is 26.5. The Bertz CT molecular complexity index is 350. The summed E-state index contributed by atoms with van der Waals surface area (Å²) in [5.74, 6) is -1.76. The van der Waals surface area contributed by atoms with Gasteiger partial charge < -0.3 is 5.11 Å². The highest BCUT2D eigenvalue weighted by Crippen LogP contribution is 2.23. The van der Waals surface area contributed by atoms with Crippen LogP contribution in [0.2, 0.25) is 0 Å². The van der Waals surface area contributed by atoms with Crippen molar-refractivity contribution in [2.45, 2.75) is 6.42 Å². The molecule has 0 fully saturated rings. The van der Waals surface area contributed by atoms with Crippen molar-refractivity contribution in [3.63, 3.8) is 0 Å². The van der Waals surface area contributed by atoms with Gasteiger partial charge in [0.1, 0.15) is 0 Å². The van der Waals surface area contributed by atoms with Crippen LogP contribution in [0.4, 0.5) is 8.78 Å². The highest BCUT2D eigenvalue weighted by atomic mass is 79.9. The van der Waals surface area contributed by atoms with Gasteiger partial charge in [0, 0.05) is 16.6 Å². The summed E-state index contributed by atoms with van der Waals surface area (Å²) in [5, 5.41) is 8.51. The van der Waals surface area contributed by atoms with Crippen LogP contribution < -0.4 is 0 Å². The standard InChI is InChI=1S/C10H9BrF2O/c11-8-4-5-9(12)10(13)7(8)3-1-2-6-14/h1,3-5,14H,2,6H2. The number of benzene rings is 1. The van der Waals surface area contributed by atoms with Crippen molar-refractivity contribution in [2.75, 3.05) is 6.61 Å². The van der Waals surface area contributed by atoms with Crippen LogP contribution in [0.15, 0.2) is 22.7 Å². The van der Waals surface area contributed by atoms with Crippen LogP contribution >= 0.6 is 15.9 Å². The third-order valence-corrected chi connectivity index (χ3v) is 2.35. The van der Waals surface area contributed by atoms with E-state index >= 15 is 0 Å². The number of aliphatic hydroxyl groups excluding tert-OH is 1. The van der Waals surface area contributed by atoms with Crippen LogP contribution in [-0.2, 0) is 0 Å². The Balaban J connectivity index is 3.00. The van der Waals surface area contributed by atoms with Crippen molar-refractivity contribution in [3.05, 3.63) is 39.9 Å². The van der Waals surface area contributed by atoms with Gasteiger partial charge in [0.2, 0.25) is 0 Å². The largest absolute Gasteiger partial charge is 0.396 e. The number of hydrogen-bond donors (Lipinski definition) is 1. The molecule has 0 aliphatic carbocycles. The van der Waals surface area contributed by atoms with Crippen molar-refractivity contribution >= 4 is 22.0 Å². The third-order valence-electron chi connectivity index (χ3n) is 1.66. The van der Waals surface area contributed by atoms with Gasteiger partial charge >= 0.3 is 0 Å². The molecule has 0 aromatic heterocycles. The Morgan fingerprint density at radius 3 is 2.71 bits per heavy atom. The lowest BCUT2D eigenvalue weighted by molar-refractivity contribution is 0.303. The maximum absolute atomic E-state index is 13.2. The summed E-state index contributed by atoms with van der Waals surface area (Å²) in [5.41, 5.74) is 0.165. The van der Waals surface area contributed by atoms with E-state index in [1.165, 1.54) is 12.1 Å². The fourth-order valence-corrected chi connectivity index (χ4v) is 1.41. The second kappa shape index (κ2) is 5.22. The van der Waals surface area contributed by atoms with Crippen LogP contribution in [0.1, 0.15) is 12.0 Å². The predicted octanol–water partition coefficient (Wildman–Crippen LogP) is 3.12. The quantitative estimate of drug-likeness (QED) is 0.830. The Hall–Kier alpha value is -0.740. The Morgan fingerprint density at radius 1 is 1.36 bits per heavy atom. The average molecular weight is 263 g/mol. The van der Waals surface area contributed by atoms with E-state index in [4.69, 9.17) is 5.11 Å². The molecule has 0 radical (unpaired) electrons. The van der Waals surface area contributed by atoms with E-state index in [0.717, 1.165) is 6.07 Å². The summed E-state index contributed by atoms with van der Waals surface area (Å²) in [4.78, 5) is 0. The van der Waals surface area contributed by atoms with Crippen molar-refractivity contribution in [2.24, 2.45) is 0 Å². The van der Waals surface area contributed by atoms with E-state index < -0.39 is 11.6 Å². The zero-order valence-corrected chi connectivity index (χ0v) is 8.89. The number of halogens is 3. The second-order valence-corrected chi connectivity index (χ2v) is 3.53. The Morgan fingerprint density at radius 2 is 2.07 bits per heavy atom. The molecule has 0 saturated heterocycles. The molecule has 0 spiro atoms. The van der Waals surface area contributed by atoms with E-state index in [0.29, 0.717) is 10.9 Å². The maximum Gasteiger partial charge on any atom is 0.167 e. The molecule has 0 saturated carbocycles. The fourth-order valence-electron chi connectivity index (χ4n) is 0.971. The summed E-state index contributed by atoms with van der Waals surface area (Å²) in [6.45, 7) is -0.00888. The summed E-state index contributed by atoms with van der Waals surface area (Å²) in [6.07, 6.45) is 3.45. The highest BCUT2D eigenvalue weighted by molar-refractivity contribution is 9.10. The molecule has 14 heavy (non-hydrogen) atoms. The number of aliphatic hydroxyl groups is 1. The fraction of sp³-hybridized carbons (Fsp3) is 0.200. The van der Waals surface area contributed by atoms with Gasteiger partial charge in [-0.25, -0.2) is 8.78 Å². The maximum atomic E-state index is 13.2. The van der Waals surface area contributed by atoms with Crippen molar-refractivity contribution in [3.8, 4) is 0 Å². The van der Waals surface area contributed by atoms with Crippen LogP contribution in [0.25, 0.3) is 6.08 Å². The molecule has 0 amide bonds. The van der Waals surface area contributed by atoms with Gasteiger partial charge in [-0.15, -0.1) is 0 Å². The molecular weight excluding hydrogens is 254 g/mol. The van der Waals surface area contributed by atoms with Gasteiger partial charge in [0.25, 0.3) is 0 Å². The number of rotatable bonds is 3. The molecule has 1 rings (SSSR count). The first-order valence-corrected chi connectivity index (χ1v) is 4.87. The minimum absolute atomic E-state index is 0.00888. The minimum Gasteiger partial charge on any atom is -0.396 e. The Labute approximate surface area is 89.2 Å². The molecular formula is C10H9BrF2O. The van der Waals surface area contributed by atoms with Gasteiger partial charge in [-0.3, -0.25) is 0 Å². The number of hydrogen-bond acceptors (Lipinski definition) is 1. The Kier molecular flexibility index (Phi) is 4.22. The molecule has 1 aromatic carbocycles. The van der Waals surface area contributed by atoms with E-state index in [-0.39, 0.29) is 12.2 Å². The smallest absolute Gasteiger partial charge is 0.167 e. The van der Waals surface area contributed by atoms with Gasteiger partial charge in [0.05, 0.1) is 0 Å². The van der Waals surface area contributed by atoms with Crippen molar-refractivity contribution in [1.29, 1.82) is 0 Å². The van der Waals surface area contributed by atoms with Gasteiger partial charge in [-0.2, -0.15) is 0 Å². The van der Waals surface area contributed by atoms with Crippen LogP contribution in [0.3, 0.4) is 0 Å². The lowest BCUT2D eigenvalue weighted by Crippen LogP contribution is -1.89. The first kappa shape index (κ1) is 11.3. The first-order chi connectivity index (χ1) is 6.66. The topological polar surface area (TPSA) is 20.2 Å². The predicted molar refractivity (Wildman–Crippen MR) is 54.8 cm³/mol. The molecule has 4 heteroatoms. The molecule has 76 valence electrons. The van der Waals surface area contributed by atoms with Crippen molar-refractivity contribution in [1.82, 2.24) is 0 Å². The lowest BCUT2D eigenvalue weighted by atomic mass is 10.2. The molecule has 0 atom stereocenters. The van der Waals surface area contributed by atoms with Crippen molar-refractivity contribution < 1.29 is 13.9 Å². The molecule has 0 unspecified atom stereocenters. The lowest BCUT2D eigenvalue weighted by Gasteiger charge is -2.01. The monoisotopic (exact) mass is 262 g/mol. The molecule has 0 heterocycles. The van der Waals surface area contributed by atoms with Gasteiger partial charge in [-0.1, -0.05) is 28.1 Å². The van der Waals surface area contributed by atoms with E-state index in [1.54, 1.807) is 6.08 Å². The summed E-state index contributed by atoms with van der Waals surface area (Å²) >= 11 is 3.11. The normalized spacial score (nSPS) is 11.1. The zero-order valence-electron chi connectivity index (χ0n) is 7.30.